The molecule has 1 heterocycles. The van der Waals surface area contributed by atoms with Crippen LogP contribution in [0.5, 0.6) is 6.08 Å². The van der Waals surface area contributed by atoms with E-state index in [1.165, 1.54) is 0 Å². The number of rotatable bonds is 3. The second-order valence-electron chi connectivity index (χ2n) is 3.33. The summed E-state index contributed by atoms with van der Waals surface area (Å²) in [5, 5.41) is 0.700. The molecule has 0 bridgehead atoms. The average Bonchev–Trinajstić information content (AvgIpc) is 2.61. The van der Waals surface area contributed by atoms with Crippen molar-refractivity contribution in [1.82, 2.24) is 4.98 Å². The fourth-order valence-electron chi connectivity index (χ4n) is 1.43. The molecule has 84 valence electrons. The van der Waals surface area contributed by atoms with Gasteiger partial charge < -0.3 is 9.15 Å². The Morgan fingerprint density at radius 2 is 2.00 bits per heavy atom. The Hall–Kier alpha value is -1.48. The van der Waals surface area contributed by atoms with Crippen LogP contribution in [0.3, 0.4) is 0 Å². The first-order chi connectivity index (χ1) is 7.70. The van der Waals surface area contributed by atoms with Crippen LogP contribution >= 0.6 is 11.6 Å². The minimum absolute atomic E-state index is 0.310. The zero-order chi connectivity index (χ0) is 11.5. The molecule has 0 unspecified atom stereocenters. The van der Waals surface area contributed by atoms with Crippen LogP contribution in [-0.4, -0.2) is 11.6 Å². The van der Waals surface area contributed by atoms with Crippen LogP contribution in [0, 0.1) is 6.92 Å². The van der Waals surface area contributed by atoms with Crippen LogP contribution in [0.15, 0.2) is 28.7 Å². The summed E-state index contributed by atoms with van der Waals surface area (Å²) < 4.78 is 10.7. The number of aromatic nitrogens is 1. The van der Waals surface area contributed by atoms with Gasteiger partial charge in [0.2, 0.25) is 0 Å². The van der Waals surface area contributed by atoms with Crippen molar-refractivity contribution in [2.75, 3.05) is 6.61 Å². The molecule has 16 heavy (non-hydrogen) atoms. The van der Waals surface area contributed by atoms with Gasteiger partial charge in [-0.05, 0) is 38.1 Å². The van der Waals surface area contributed by atoms with Gasteiger partial charge in [0.1, 0.15) is 0 Å². The normalized spacial score (nSPS) is 10.4. The molecule has 2 aromatic rings. The Labute approximate surface area is 99.0 Å². The van der Waals surface area contributed by atoms with E-state index >= 15 is 0 Å². The highest BCUT2D eigenvalue weighted by molar-refractivity contribution is 6.30. The summed E-state index contributed by atoms with van der Waals surface area (Å²) in [6.07, 6.45) is 0.310. The molecule has 0 saturated carbocycles. The van der Waals surface area contributed by atoms with Gasteiger partial charge in [-0.25, -0.2) is 0 Å². The second-order valence-corrected chi connectivity index (χ2v) is 3.77. The summed E-state index contributed by atoms with van der Waals surface area (Å²) in [5.41, 5.74) is 1.76. The molecule has 0 spiro atoms. The number of hydrogen-bond donors (Lipinski definition) is 0. The molecule has 0 aliphatic rings. The maximum Gasteiger partial charge on any atom is 0.394 e. The third kappa shape index (κ3) is 2.19. The molecule has 0 fully saturated rings. The largest absolute Gasteiger partial charge is 0.450 e. The molecular weight excluding hydrogens is 226 g/mol. The van der Waals surface area contributed by atoms with E-state index in [4.69, 9.17) is 20.8 Å². The highest BCUT2D eigenvalue weighted by Gasteiger charge is 2.11. The first kappa shape index (κ1) is 11.0. The lowest BCUT2D eigenvalue weighted by molar-refractivity contribution is 0.247. The molecule has 3 nitrogen and oxygen atoms in total. The first-order valence-electron chi connectivity index (χ1n) is 5.07. The summed E-state index contributed by atoms with van der Waals surface area (Å²) in [6.45, 7) is 4.32. The standard InChI is InChI=1S/C12H12ClNO2/c1-3-15-12-14-8(2)11(16-12)9-4-6-10(13)7-5-9/h4-7H,3H2,1-2H3. The van der Waals surface area contributed by atoms with Crippen LogP contribution in [-0.2, 0) is 0 Å². The fraction of sp³-hybridized carbons (Fsp3) is 0.250. The maximum atomic E-state index is 5.82. The second kappa shape index (κ2) is 4.58. The highest BCUT2D eigenvalue weighted by Crippen LogP contribution is 2.28. The first-order valence-corrected chi connectivity index (χ1v) is 5.44. The monoisotopic (exact) mass is 237 g/mol. The number of nitrogens with zero attached hydrogens (tertiary/aromatic N) is 1. The molecule has 0 N–H and O–H groups in total. The molecule has 0 saturated heterocycles. The van der Waals surface area contributed by atoms with Gasteiger partial charge in [-0.15, -0.1) is 0 Å². The molecule has 0 amide bonds. The van der Waals surface area contributed by atoms with Crippen molar-refractivity contribution in [2.45, 2.75) is 13.8 Å². The number of halogens is 1. The number of aryl methyl sites for hydroxylation is 1. The predicted molar refractivity (Wildman–Crippen MR) is 62.9 cm³/mol. The minimum atomic E-state index is 0.310. The summed E-state index contributed by atoms with van der Waals surface area (Å²) in [7, 11) is 0. The van der Waals surface area contributed by atoms with Crippen molar-refractivity contribution in [3.8, 4) is 17.4 Å². The van der Waals surface area contributed by atoms with Crippen LogP contribution in [0.1, 0.15) is 12.6 Å². The van der Waals surface area contributed by atoms with E-state index in [1.807, 2.05) is 38.1 Å². The van der Waals surface area contributed by atoms with E-state index in [9.17, 15) is 0 Å². The summed E-state index contributed by atoms with van der Waals surface area (Å²) in [6, 6.07) is 7.43. The summed E-state index contributed by atoms with van der Waals surface area (Å²) in [4.78, 5) is 4.18. The van der Waals surface area contributed by atoms with Gasteiger partial charge in [-0.2, -0.15) is 4.98 Å². The van der Waals surface area contributed by atoms with Crippen molar-refractivity contribution in [1.29, 1.82) is 0 Å². The molecule has 1 aromatic carbocycles. The van der Waals surface area contributed by atoms with Crippen molar-refractivity contribution in [3.63, 3.8) is 0 Å². The Morgan fingerprint density at radius 1 is 1.31 bits per heavy atom. The topological polar surface area (TPSA) is 35.3 Å². The quantitative estimate of drug-likeness (QED) is 0.817. The molecule has 4 heteroatoms. The van der Waals surface area contributed by atoms with E-state index in [2.05, 4.69) is 4.98 Å². The fourth-order valence-corrected chi connectivity index (χ4v) is 1.55. The van der Waals surface area contributed by atoms with E-state index in [-0.39, 0.29) is 0 Å². The molecule has 0 atom stereocenters. The van der Waals surface area contributed by atoms with Crippen molar-refractivity contribution in [2.24, 2.45) is 0 Å². The maximum absolute atomic E-state index is 5.82. The van der Waals surface area contributed by atoms with Gasteiger partial charge >= 0.3 is 6.08 Å². The van der Waals surface area contributed by atoms with Gasteiger partial charge in [0.05, 0.1) is 12.3 Å². The Morgan fingerprint density at radius 3 is 2.62 bits per heavy atom. The van der Waals surface area contributed by atoms with E-state index < -0.39 is 0 Å². The van der Waals surface area contributed by atoms with Gasteiger partial charge in [-0.3, -0.25) is 0 Å². The lowest BCUT2D eigenvalue weighted by Gasteiger charge is -1.97. The average molecular weight is 238 g/mol. The lowest BCUT2D eigenvalue weighted by Crippen LogP contribution is -1.90. The predicted octanol–water partition coefficient (Wildman–Crippen LogP) is 3.70. The molecule has 0 aliphatic carbocycles. The van der Waals surface area contributed by atoms with Gasteiger partial charge in [0.15, 0.2) is 5.76 Å². The molecule has 1 aromatic heterocycles. The Balaban J connectivity index is 2.36. The molecular formula is C12H12ClNO2. The van der Waals surface area contributed by atoms with Crippen LogP contribution in [0.2, 0.25) is 5.02 Å². The zero-order valence-electron chi connectivity index (χ0n) is 9.16. The highest BCUT2D eigenvalue weighted by atomic mass is 35.5. The SMILES string of the molecule is CCOc1nc(C)c(-c2ccc(Cl)cc2)o1. The van der Waals surface area contributed by atoms with Gasteiger partial charge in [-0.1, -0.05) is 11.6 Å². The molecule has 0 radical (unpaired) electrons. The Kier molecular flexibility index (Phi) is 3.15. The number of benzene rings is 1. The smallest absolute Gasteiger partial charge is 0.394 e. The lowest BCUT2D eigenvalue weighted by atomic mass is 10.1. The van der Waals surface area contributed by atoms with Crippen LogP contribution in [0.25, 0.3) is 11.3 Å². The van der Waals surface area contributed by atoms with E-state index in [0.717, 1.165) is 17.0 Å². The zero-order valence-corrected chi connectivity index (χ0v) is 9.91. The van der Waals surface area contributed by atoms with Crippen LogP contribution < -0.4 is 4.74 Å². The van der Waals surface area contributed by atoms with Crippen molar-refractivity contribution < 1.29 is 9.15 Å². The van der Waals surface area contributed by atoms with Gasteiger partial charge in [0.25, 0.3) is 0 Å². The molecule has 0 aliphatic heterocycles. The van der Waals surface area contributed by atoms with Crippen molar-refractivity contribution >= 4 is 11.6 Å². The summed E-state index contributed by atoms with van der Waals surface area (Å²) >= 11 is 5.82. The Bertz CT molecular complexity index is 476. The van der Waals surface area contributed by atoms with Crippen molar-refractivity contribution in [3.05, 3.63) is 35.0 Å². The number of hydrogen-bond acceptors (Lipinski definition) is 3. The molecule has 2 rings (SSSR count). The third-order valence-electron chi connectivity index (χ3n) is 2.15. The van der Waals surface area contributed by atoms with E-state index in [0.29, 0.717) is 17.7 Å². The van der Waals surface area contributed by atoms with Gasteiger partial charge in [0, 0.05) is 10.6 Å². The minimum Gasteiger partial charge on any atom is -0.450 e. The third-order valence-corrected chi connectivity index (χ3v) is 2.40. The number of oxazole rings is 1. The van der Waals surface area contributed by atoms with Crippen LogP contribution in [0.4, 0.5) is 0 Å². The van der Waals surface area contributed by atoms with E-state index in [1.54, 1.807) is 0 Å². The number of ether oxygens (including phenoxy) is 1. The summed E-state index contributed by atoms with van der Waals surface area (Å²) in [5.74, 6) is 0.722.